The van der Waals surface area contributed by atoms with Gasteiger partial charge in [0.15, 0.2) is 0 Å². The van der Waals surface area contributed by atoms with Gasteiger partial charge in [-0.15, -0.1) is 0 Å². The van der Waals surface area contributed by atoms with E-state index < -0.39 is 5.60 Å². The van der Waals surface area contributed by atoms with E-state index in [1.807, 2.05) is 12.3 Å². The van der Waals surface area contributed by atoms with Crippen LogP contribution in [0.15, 0.2) is 24.5 Å². The minimum atomic E-state index is -0.483. The van der Waals surface area contributed by atoms with Gasteiger partial charge in [0.25, 0.3) is 0 Å². The van der Waals surface area contributed by atoms with E-state index in [2.05, 4.69) is 36.7 Å². The van der Waals surface area contributed by atoms with Crippen LogP contribution in [0, 0.1) is 0 Å². The molecule has 2 fully saturated rings. The number of aromatic nitrogens is 1. The highest BCUT2D eigenvalue weighted by Gasteiger charge is 2.50. The van der Waals surface area contributed by atoms with Crippen molar-refractivity contribution in [3.63, 3.8) is 0 Å². The second-order valence-corrected chi connectivity index (χ2v) is 7.96. The fourth-order valence-corrected chi connectivity index (χ4v) is 4.55. The quantitative estimate of drug-likeness (QED) is 0.928. The van der Waals surface area contributed by atoms with Gasteiger partial charge in [0, 0.05) is 30.0 Å². The molecule has 1 aromatic rings. The second kappa shape index (κ2) is 5.36. The van der Waals surface area contributed by atoms with E-state index in [0.717, 1.165) is 25.7 Å². The highest BCUT2D eigenvalue weighted by molar-refractivity contribution is 5.11. The van der Waals surface area contributed by atoms with Crippen molar-refractivity contribution in [3.8, 4) is 0 Å². The molecule has 1 N–H and O–H groups in total. The maximum absolute atomic E-state index is 11.0. The molecule has 2 aliphatic heterocycles. The summed E-state index contributed by atoms with van der Waals surface area (Å²) < 4.78 is 0. The number of piperidine rings is 1. The van der Waals surface area contributed by atoms with Gasteiger partial charge in [-0.2, -0.15) is 0 Å². The number of rotatable bonds is 3. The minimum Gasteiger partial charge on any atom is -0.390 e. The van der Waals surface area contributed by atoms with Gasteiger partial charge in [0.1, 0.15) is 0 Å². The van der Waals surface area contributed by atoms with Crippen molar-refractivity contribution in [2.75, 3.05) is 0 Å². The summed E-state index contributed by atoms with van der Waals surface area (Å²) in [6, 6.07) is 5.20. The molecule has 2 unspecified atom stereocenters. The SMILES string of the molecule is CC(C)(C)N1C2CCC1CC(O)(CCc1cccnc1)C2. The predicted molar refractivity (Wildman–Crippen MR) is 85.1 cm³/mol. The summed E-state index contributed by atoms with van der Waals surface area (Å²) in [4.78, 5) is 6.83. The van der Waals surface area contributed by atoms with E-state index in [0.29, 0.717) is 12.1 Å². The first-order valence-corrected chi connectivity index (χ1v) is 8.27. The van der Waals surface area contributed by atoms with Gasteiger partial charge < -0.3 is 5.11 Å². The molecule has 2 aliphatic rings. The Morgan fingerprint density at radius 1 is 1.29 bits per heavy atom. The van der Waals surface area contributed by atoms with Gasteiger partial charge in [-0.3, -0.25) is 9.88 Å². The van der Waals surface area contributed by atoms with Crippen LogP contribution in [-0.4, -0.2) is 38.2 Å². The molecule has 0 radical (unpaired) electrons. The van der Waals surface area contributed by atoms with Crippen LogP contribution in [0.4, 0.5) is 0 Å². The van der Waals surface area contributed by atoms with Crippen molar-refractivity contribution in [2.45, 2.75) is 82.5 Å². The third kappa shape index (κ3) is 3.14. The Morgan fingerprint density at radius 3 is 2.48 bits per heavy atom. The fraction of sp³-hybridized carbons (Fsp3) is 0.722. The van der Waals surface area contributed by atoms with Crippen molar-refractivity contribution >= 4 is 0 Å². The molecule has 116 valence electrons. The molecule has 0 aliphatic carbocycles. The van der Waals surface area contributed by atoms with E-state index in [1.165, 1.54) is 18.4 Å². The van der Waals surface area contributed by atoms with Crippen molar-refractivity contribution < 1.29 is 5.11 Å². The van der Waals surface area contributed by atoms with Gasteiger partial charge in [0.2, 0.25) is 0 Å². The lowest BCUT2D eigenvalue weighted by Crippen LogP contribution is -2.57. The molecule has 2 bridgehead atoms. The molecule has 0 aromatic carbocycles. The van der Waals surface area contributed by atoms with Crippen LogP contribution in [0.3, 0.4) is 0 Å². The molecule has 21 heavy (non-hydrogen) atoms. The lowest BCUT2D eigenvalue weighted by atomic mass is 9.80. The van der Waals surface area contributed by atoms with E-state index in [-0.39, 0.29) is 5.54 Å². The highest BCUT2D eigenvalue weighted by atomic mass is 16.3. The van der Waals surface area contributed by atoms with Gasteiger partial charge in [0.05, 0.1) is 5.60 Å². The molecule has 2 saturated heterocycles. The molecule has 3 heteroatoms. The summed E-state index contributed by atoms with van der Waals surface area (Å²) in [5.41, 5.74) is 0.969. The summed E-state index contributed by atoms with van der Waals surface area (Å²) in [6.07, 6.45) is 9.88. The van der Waals surface area contributed by atoms with E-state index >= 15 is 0 Å². The predicted octanol–water partition coefficient (Wildman–Crippen LogP) is 3.17. The Hall–Kier alpha value is -0.930. The molecular weight excluding hydrogens is 260 g/mol. The number of fused-ring (bicyclic) bond motifs is 2. The largest absolute Gasteiger partial charge is 0.390 e. The molecule has 3 nitrogen and oxygen atoms in total. The lowest BCUT2D eigenvalue weighted by molar-refractivity contribution is -0.0819. The maximum Gasteiger partial charge on any atom is 0.0680 e. The van der Waals surface area contributed by atoms with Gasteiger partial charge in [-0.25, -0.2) is 0 Å². The molecule has 3 heterocycles. The van der Waals surface area contributed by atoms with Crippen molar-refractivity contribution in [3.05, 3.63) is 30.1 Å². The molecule has 2 atom stereocenters. The van der Waals surface area contributed by atoms with Gasteiger partial charge >= 0.3 is 0 Å². The monoisotopic (exact) mass is 288 g/mol. The molecule has 3 rings (SSSR count). The number of pyridine rings is 1. The fourth-order valence-electron chi connectivity index (χ4n) is 4.55. The topological polar surface area (TPSA) is 36.4 Å². The molecule has 0 saturated carbocycles. The standard InChI is InChI=1S/C18H28N2O/c1-17(2,3)20-15-6-7-16(20)12-18(21,11-15)9-8-14-5-4-10-19-13-14/h4-5,10,13,15-16,21H,6-9,11-12H2,1-3H3. The number of aliphatic hydroxyl groups is 1. The van der Waals surface area contributed by atoms with Crippen molar-refractivity contribution in [1.29, 1.82) is 0 Å². The molecule has 1 aromatic heterocycles. The van der Waals surface area contributed by atoms with Gasteiger partial charge in [-0.05, 0) is 70.9 Å². The normalized spacial score (nSPS) is 33.3. The van der Waals surface area contributed by atoms with Crippen LogP contribution in [0.5, 0.6) is 0 Å². The first kappa shape index (κ1) is 15.0. The van der Waals surface area contributed by atoms with E-state index in [9.17, 15) is 5.11 Å². The van der Waals surface area contributed by atoms with E-state index in [4.69, 9.17) is 0 Å². The van der Waals surface area contributed by atoms with Crippen molar-refractivity contribution in [2.24, 2.45) is 0 Å². The molecule has 0 amide bonds. The number of nitrogens with zero attached hydrogens (tertiary/aromatic N) is 2. The second-order valence-electron chi connectivity index (χ2n) is 7.96. The Morgan fingerprint density at radius 2 is 1.95 bits per heavy atom. The number of hydrogen-bond acceptors (Lipinski definition) is 3. The Bertz CT molecular complexity index is 466. The Kier molecular flexibility index (Phi) is 3.83. The first-order chi connectivity index (χ1) is 9.87. The minimum absolute atomic E-state index is 0.219. The third-order valence-electron chi connectivity index (χ3n) is 5.23. The van der Waals surface area contributed by atoms with Crippen LogP contribution in [0.25, 0.3) is 0 Å². The summed E-state index contributed by atoms with van der Waals surface area (Å²) in [5.74, 6) is 0. The molecule has 0 spiro atoms. The zero-order chi connectivity index (χ0) is 15.1. The Labute approximate surface area is 128 Å². The van der Waals surface area contributed by atoms with E-state index in [1.54, 1.807) is 6.20 Å². The Balaban J connectivity index is 1.66. The zero-order valence-electron chi connectivity index (χ0n) is 13.5. The maximum atomic E-state index is 11.0. The van der Waals surface area contributed by atoms with Crippen LogP contribution in [0.2, 0.25) is 0 Å². The number of hydrogen-bond donors (Lipinski definition) is 1. The van der Waals surface area contributed by atoms with Crippen LogP contribution < -0.4 is 0 Å². The third-order valence-corrected chi connectivity index (χ3v) is 5.23. The van der Waals surface area contributed by atoms with Gasteiger partial charge in [-0.1, -0.05) is 6.07 Å². The lowest BCUT2D eigenvalue weighted by Gasteiger charge is -2.49. The summed E-state index contributed by atoms with van der Waals surface area (Å²) >= 11 is 0. The van der Waals surface area contributed by atoms with Crippen LogP contribution in [0.1, 0.15) is 58.4 Å². The molecular formula is C18H28N2O. The summed E-state index contributed by atoms with van der Waals surface area (Å²) in [7, 11) is 0. The van der Waals surface area contributed by atoms with Crippen molar-refractivity contribution in [1.82, 2.24) is 9.88 Å². The average molecular weight is 288 g/mol. The average Bonchev–Trinajstić information content (AvgIpc) is 2.72. The first-order valence-electron chi connectivity index (χ1n) is 8.27. The van der Waals surface area contributed by atoms with Crippen LogP contribution >= 0.6 is 0 Å². The number of aryl methyl sites for hydroxylation is 1. The summed E-state index contributed by atoms with van der Waals surface area (Å²) in [5, 5.41) is 11.0. The highest BCUT2D eigenvalue weighted by Crippen LogP contribution is 2.45. The van der Waals surface area contributed by atoms with Crippen LogP contribution in [-0.2, 0) is 6.42 Å². The zero-order valence-corrected chi connectivity index (χ0v) is 13.5. The summed E-state index contributed by atoms with van der Waals surface area (Å²) in [6.45, 7) is 6.91. The smallest absolute Gasteiger partial charge is 0.0680 e.